The number of carbonyl (C=O) groups excluding carboxylic acids is 1. The topological polar surface area (TPSA) is 103 Å². The van der Waals surface area contributed by atoms with Gasteiger partial charge >= 0.3 is 0 Å². The summed E-state index contributed by atoms with van der Waals surface area (Å²) in [6.07, 6.45) is 4.28. The molecule has 0 aromatic carbocycles. The van der Waals surface area contributed by atoms with Crippen molar-refractivity contribution in [3.63, 3.8) is 0 Å². The number of thiophene rings is 1. The largest absolute Gasteiger partial charge is 0.305 e. The molecule has 0 spiro atoms. The van der Waals surface area contributed by atoms with Gasteiger partial charge in [-0.2, -0.15) is 10.2 Å². The Bertz CT molecular complexity index is 1010. The van der Waals surface area contributed by atoms with Gasteiger partial charge < -0.3 is 5.32 Å². The summed E-state index contributed by atoms with van der Waals surface area (Å²) < 4.78 is 3.03. The van der Waals surface area contributed by atoms with Crippen molar-refractivity contribution in [3.8, 4) is 16.4 Å². The van der Waals surface area contributed by atoms with Crippen LogP contribution in [-0.4, -0.2) is 40.4 Å². The Labute approximate surface area is 146 Å². The number of amides is 1. The van der Waals surface area contributed by atoms with Gasteiger partial charge in [-0.3, -0.25) is 9.48 Å². The lowest BCUT2D eigenvalue weighted by Gasteiger charge is -2.05. The molecular weight excluding hydrogens is 340 g/mol. The number of rotatable bonds is 4. The smallest absolute Gasteiger partial charge is 0.275 e. The molecule has 0 aliphatic rings. The average molecular weight is 352 g/mol. The maximum atomic E-state index is 12.6. The molecule has 0 saturated heterocycles. The van der Waals surface area contributed by atoms with E-state index in [0.717, 1.165) is 10.6 Å². The molecule has 0 atom stereocenters. The van der Waals surface area contributed by atoms with E-state index in [-0.39, 0.29) is 5.91 Å². The zero-order valence-electron chi connectivity index (χ0n) is 13.1. The summed E-state index contributed by atoms with van der Waals surface area (Å²) in [5, 5.41) is 13.1. The molecule has 9 nitrogen and oxygen atoms in total. The molecule has 4 rings (SSSR count). The Kier molecular flexibility index (Phi) is 3.78. The van der Waals surface area contributed by atoms with E-state index in [4.69, 9.17) is 0 Å². The molecule has 25 heavy (non-hydrogen) atoms. The van der Waals surface area contributed by atoms with Crippen LogP contribution in [0.5, 0.6) is 0 Å². The van der Waals surface area contributed by atoms with Gasteiger partial charge in [0, 0.05) is 13.1 Å². The van der Waals surface area contributed by atoms with Crippen molar-refractivity contribution >= 4 is 23.1 Å². The minimum Gasteiger partial charge on any atom is -0.305 e. The van der Waals surface area contributed by atoms with Crippen LogP contribution in [0.4, 0.5) is 5.82 Å². The summed E-state index contributed by atoms with van der Waals surface area (Å²) in [5.41, 5.74) is 1.19. The fourth-order valence-electron chi connectivity index (χ4n) is 2.27. The van der Waals surface area contributed by atoms with Gasteiger partial charge in [-0.05, 0) is 17.5 Å². The highest BCUT2D eigenvalue weighted by Gasteiger charge is 2.16. The first kappa shape index (κ1) is 15.1. The van der Waals surface area contributed by atoms with Crippen LogP contribution in [0.2, 0.25) is 0 Å². The second kappa shape index (κ2) is 6.24. The van der Waals surface area contributed by atoms with Crippen LogP contribution in [0.25, 0.3) is 16.4 Å². The van der Waals surface area contributed by atoms with Crippen molar-refractivity contribution in [3.05, 3.63) is 54.3 Å². The normalized spacial score (nSPS) is 10.8. The quantitative estimate of drug-likeness (QED) is 0.600. The van der Waals surface area contributed by atoms with Crippen molar-refractivity contribution in [2.45, 2.75) is 0 Å². The second-order valence-corrected chi connectivity index (χ2v) is 6.02. The van der Waals surface area contributed by atoms with Crippen molar-refractivity contribution in [2.75, 3.05) is 5.32 Å². The van der Waals surface area contributed by atoms with Crippen LogP contribution in [0.15, 0.2) is 48.6 Å². The molecule has 0 radical (unpaired) electrons. The van der Waals surface area contributed by atoms with Crippen LogP contribution >= 0.6 is 11.3 Å². The average Bonchev–Trinajstić information content (AvgIpc) is 3.36. The van der Waals surface area contributed by atoms with Crippen LogP contribution in [0, 0.1) is 0 Å². The highest BCUT2D eigenvalue weighted by Crippen LogP contribution is 2.24. The van der Waals surface area contributed by atoms with Crippen molar-refractivity contribution in [2.24, 2.45) is 7.05 Å². The number of aromatic nitrogens is 7. The third-order valence-corrected chi connectivity index (χ3v) is 4.33. The zero-order valence-corrected chi connectivity index (χ0v) is 13.9. The summed E-state index contributed by atoms with van der Waals surface area (Å²) in [5.74, 6) is 0.567. The molecule has 0 aliphatic heterocycles. The minimum atomic E-state index is -0.305. The van der Waals surface area contributed by atoms with Crippen molar-refractivity contribution < 1.29 is 4.79 Å². The monoisotopic (exact) mass is 352 g/mol. The maximum Gasteiger partial charge on any atom is 0.275 e. The molecule has 4 aromatic heterocycles. The Hall–Kier alpha value is -3.40. The Morgan fingerprint density at radius 3 is 2.92 bits per heavy atom. The van der Waals surface area contributed by atoms with Crippen LogP contribution in [0.3, 0.4) is 0 Å². The number of anilines is 1. The Morgan fingerprint density at radius 1 is 1.24 bits per heavy atom. The molecule has 0 fully saturated rings. The molecule has 10 heteroatoms. The van der Waals surface area contributed by atoms with Gasteiger partial charge in [0.1, 0.15) is 36.2 Å². The highest BCUT2D eigenvalue weighted by atomic mass is 32.1. The first-order valence-electron chi connectivity index (χ1n) is 7.27. The molecule has 0 bridgehead atoms. The summed E-state index contributed by atoms with van der Waals surface area (Å²) in [7, 11) is 1.73. The van der Waals surface area contributed by atoms with E-state index in [1.165, 1.54) is 23.7 Å². The van der Waals surface area contributed by atoms with E-state index < -0.39 is 0 Å². The molecule has 4 aromatic rings. The van der Waals surface area contributed by atoms with Gasteiger partial charge in [0.15, 0.2) is 5.82 Å². The summed E-state index contributed by atoms with van der Waals surface area (Å²) in [6, 6.07) is 7.27. The molecule has 1 amide bonds. The standard InChI is InChI=1S/C15H12N8OS/c1-22-11(5-10(21-22)12-3-2-4-25-12)15(24)20-13-6-14(18-8-17-13)23-9-16-7-19-23/h2-9H,1H3,(H,17,18,20,24). The molecule has 1 N–H and O–H groups in total. The van der Waals surface area contributed by atoms with Gasteiger partial charge in [0.25, 0.3) is 5.91 Å². The number of nitrogens with zero attached hydrogens (tertiary/aromatic N) is 7. The summed E-state index contributed by atoms with van der Waals surface area (Å²) in [6.45, 7) is 0. The van der Waals surface area contributed by atoms with E-state index in [1.54, 1.807) is 35.2 Å². The lowest BCUT2D eigenvalue weighted by atomic mass is 10.3. The minimum absolute atomic E-state index is 0.305. The number of hydrogen-bond acceptors (Lipinski definition) is 7. The third-order valence-electron chi connectivity index (χ3n) is 3.43. The molecular formula is C15H12N8OS. The summed E-state index contributed by atoms with van der Waals surface area (Å²) in [4.78, 5) is 25.6. The molecule has 124 valence electrons. The second-order valence-electron chi connectivity index (χ2n) is 5.07. The van der Waals surface area contributed by atoms with Crippen molar-refractivity contribution in [1.29, 1.82) is 0 Å². The molecule has 0 saturated carbocycles. The van der Waals surface area contributed by atoms with E-state index in [1.807, 2.05) is 17.5 Å². The lowest BCUT2D eigenvalue weighted by molar-refractivity contribution is 0.101. The highest BCUT2D eigenvalue weighted by molar-refractivity contribution is 7.13. The number of aryl methyl sites for hydroxylation is 1. The first-order valence-corrected chi connectivity index (χ1v) is 8.15. The van der Waals surface area contributed by atoms with Crippen LogP contribution in [0.1, 0.15) is 10.5 Å². The predicted octanol–water partition coefficient (Wildman–Crippen LogP) is 1.77. The van der Waals surface area contributed by atoms with Gasteiger partial charge in [0.2, 0.25) is 0 Å². The predicted molar refractivity (Wildman–Crippen MR) is 91.4 cm³/mol. The lowest BCUT2D eigenvalue weighted by Crippen LogP contribution is -2.17. The van der Waals surface area contributed by atoms with E-state index in [9.17, 15) is 4.79 Å². The van der Waals surface area contributed by atoms with Gasteiger partial charge in [-0.1, -0.05) is 6.07 Å². The van der Waals surface area contributed by atoms with E-state index in [0.29, 0.717) is 17.3 Å². The number of nitrogens with one attached hydrogen (secondary N) is 1. The van der Waals surface area contributed by atoms with E-state index in [2.05, 4.69) is 30.5 Å². The SMILES string of the molecule is Cn1nc(-c2cccs2)cc1C(=O)Nc1cc(-n2cncn2)ncn1. The molecule has 4 heterocycles. The van der Waals surface area contributed by atoms with Crippen LogP contribution in [-0.2, 0) is 7.05 Å². The maximum absolute atomic E-state index is 12.6. The van der Waals surface area contributed by atoms with Gasteiger partial charge in [0.05, 0.1) is 4.88 Å². The number of hydrogen-bond donors (Lipinski definition) is 1. The summed E-state index contributed by atoms with van der Waals surface area (Å²) >= 11 is 1.57. The van der Waals surface area contributed by atoms with Gasteiger partial charge in [-0.15, -0.1) is 11.3 Å². The Morgan fingerprint density at radius 2 is 2.16 bits per heavy atom. The third kappa shape index (κ3) is 3.02. The zero-order chi connectivity index (χ0) is 17.2. The fraction of sp³-hybridized carbons (Fsp3) is 0.0667. The van der Waals surface area contributed by atoms with Crippen LogP contribution < -0.4 is 5.32 Å². The van der Waals surface area contributed by atoms with Gasteiger partial charge in [-0.25, -0.2) is 19.6 Å². The Balaban J connectivity index is 1.58. The number of carbonyl (C=O) groups is 1. The molecule has 0 unspecified atom stereocenters. The van der Waals surface area contributed by atoms with E-state index >= 15 is 0 Å². The first-order chi connectivity index (χ1) is 12.2. The fourth-order valence-corrected chi connectivity index (χ4v) is 2.95. The molecule has 0 aliphatic carbocycles. The van der Waals surface area contributed by atoms with Crippen molar-refractivity contribution in [1.82, 2.24) is 34.5 Å².